The average molecular weight is 409 g/mol. The maximum Gasteiger partial charge on any atom is 0.271 e. The van der Waals surface area contributed by atoms with Crippen molar-refractivity contribution < 1.29 is 13.9 Å². The zero-order valence-electron chi connectivity index (χ0n) is 15.4. The summed E-state index contributed by atoms with van der Waals surface area (Å²) in [4.78, 5) is 30.6. The highest BCUT2D eigenvalue weighted by molar-refractivity contribution is 7.16. The summed E-state index contributed by atoms with van der Waals surface area (Å²) in [6, 6.07) is 13.0. The number of aromatic nitrogens is 2. The molecule has 8 heteroatoms. The summed E-state index contributed by atoms with van der Waals surface area (Å²) in [6.07, 6.45) is 2.95. The first-order valence-electron chi connectivity index (χ1n) is 8.77. The Hall–Kier alpha value is -3.52. The maximum absolute atomic E-state index is 13.6. The molecule has 0 spiro atoms. The maximum atomic E-state index is 13.6. The Morgan fingerprint density at radius 2 is 1.97 bits per heavy atom. The Kier molecular flexibility index (Phi) is 5.09. The van der Waals surface area contributed by atoms with Crippen LogP contribution in [0, 0.1) is 12.7 Å². The van der Waals surface area contributed by atoms with Gasteiger partial charge in [-0.25, -0.2) is 9.37 Å². The van der Waals surface area contributed by atoms with E-state index in [1.54, 1.807) is 48.7 Å². The highest BCUT2D eigenvalue weighted by atomic mass is 32.1. The van der Waals surface area contributed by atoms with Crippen LogP contribution in [0.25, 0.3) is 4.96 Å². The van der Waals surface area contributed by atoms with Crippen LogP contribution in [-0.2, 0) is 6.61 Å². The van der Waals surface area contributed by atoms with Gasteiger partial charge < -0.3 is 10.1 Å². The van der Waals surface area contributed by atoms with Gasteiger partial charge in [0.15, 0.2) is 4.96 Å². The number of halogens is 1. The largest absolute Gasteiger partial charge is 0.489 e. The van der Waals surface area contributed by atoms with Crippen molar-refractivity contribution in [1.82, 2.24) is 9.38 Å². The van der Waals surface area contributed by atoms with Crippen LogP contribution in [0.2, 0.25) is 0 Å². The number of benzene rings is 2. The number of hydrogen-bond donors (Lipinski definition) is 1. The zero-order valence-corrected chi connectivity index (χ0v) is 16.2. The van der Waals surface area contributed by atoms with Gasteiger partial charge in [-0.1, -0.05) is 18.2 Å². The molecule has 1 N–H and O–H groups in total. The number of carbonyl (C=O) groups excluding carboxylic acids is 1. The van der Waals surface area contributed by atoms with Crippen LogP contribution < -0.4 is 15.6 Å². The second kappa shape index (κ2) is 7.84. The molecule has 146 valence electrons. The number of thiazole rings is 1. The van der Waals surface area contributed by atoms with Gasteiger partial charge in [0.25, 0.3) is 11.5 Å². The van der Waals surface area contributed by atoms with Crippen molar-refractivity contribution in [3.05, 3.63) is 93.1 Å². The van der Waals surface area contributed by atoms with E-state index >= 15 is 0 Å². The SMILES string of the molecule is Cc1cn2c(=O)c(C(=O)Nc3ccc(OCc4ccccc4F)cc3)cnc2s1. The van der Waals surface area contributed by atoms with Gasteiger partial charge >= 0.3 is 0 Å². The van der Waals surface area contributed by atoms with Gasteiger partial charge in [0, 0.05) is 28.5 Å². The number of aryl methyl sites for hydroxylation is 1. The summed E-state index contributed by atoms with van der Waals surface area (Å²) >= 11 is 1.38. The zero-order chi connectivity index (χ0) is 20.4. The molecule has 2 aromatic heterocycles. The van der Waals surface area contributed by atoms with Crippen molar-refractivity contribution in [3.63, 3.8) is 0 Å². The highest BCUT2D eigenvalue weighted by Gasteiger charge is 2.15. The van der Waals surface area contributed by atoms with Crippen molar-refractivity contribution in [2.75, 3.05) is 5.32 Å². The molecule has 1 amide bonds. The van der Waals surface area contributed by atoms with Gasteiger partial charge in [-0.3, -0.25) is 14.0 Å². The molecule has 2 heterocycles. The summed E-state index contributed by atoms with van der Waals surface area (Å²) in [7, 11) is 0. The van der Waals surface area contributed by atoms with E-state index in [0.717, 1.165) is 4.88 Å². The Bertz CT molecular complexity index is 1250. The molecule has 0 bridgehead atoms. The van der Waals surface area contributed by atoms with Crippen molar-refractivity contribution in [3.8, 4) is 5.75 Å². The minimum Gasteiger partial charge on any atom is -0.489 e. The smallest absolute Gasteiger partial charge is 0.271 e. The van der Waals surface area contributed by atoms with Crippen LogP contribution in [0.1, 0.15) is 20.8 Å². The van der Waals surface area contributed by atoms with Crippen LogP contribution in [0.4, 0.5) is 10.1 Å². The number of anilines is 1. The monoisotopic (exact) mass is 409 g/mol. The summed E-state index contributed by atoms with van der Waals surface area (Å²) in [5.41, 5.74) is 0.498. The number of fused-ring (bicyclic) bond motifs is 1. The first kappa shape index (κ1) is 18.8. The topological polar surface area (TPSA) is 72.7 Å². The summed E-state index contributed by atoms with van der Waals surface area (Å²) in [5, 5.41) is 2.68. The van der Waals surface area contributed by atoms with Gasteiger partial charge in [0.1, 0.15) is 23.7 Å². The average Bonchev–Trinajstić information content (AvgIpc) is 3.10. The molecule has 0 unspecified atom stereocenters. The van der Waals surface area contributed by atoms with E-state index in [9.17, 15) is 14.0 Å². The third-order valence-corrected chi connectivity index (χ3v) is 5.14. The lowest BCUT2D eigenvalue weighted by atomic mass is 10.2. The second-order valence-electron chi connectivity index (χ2n) is 6.33. The van der Waals surface area contributed by atoms with E-state index in [2.05, 4.69) is 10.3 Å². The van der Waals surface area contributed by atoms with Crippen LogP contribution in [0.5, 0.6) is 5.75 Å². The minimum absolute atomic E-state index is 0.0415. The van der Waals surface area contributed by atoms with Gasteiger partial charge in [0.05, 0.1) is 0 Å². The van der Waals surface area contributed by atoms with Gasteiger partial charge in [-0.2, -0.15) is 0 Å². The molecule has 4 aromatic rings. The highest BCUT2D eigenvalue weighted by Crippen LogP contribution is 2.19. The predicted octanol–water partition coefficient (Wildman–Crippen LogP) is 4.03. The van der Waals surface area contributed by atoms with E-state index in [-0.39, 0.29) is 18.0 Å². The van der Waals surface area contributed by atoms with E-state index in [0.29, 0.717) is 22.0 Å². The Morgan fingerprint density at radius 1 is 1.21 bits per heavy atom. The van der Waals surface area contributed by atoms with E-state index in [1.165, 1.54) is 28.0 Å². The molecule has 0 aliphatic carbocycles. The minimum atomic E-state index is -0.541. The number of ether oxygens (including phenoxy) is 1. The number of amides is 1. The molecule has 0 atom stereocenters. The first-order valence-corrected chi connectivity index (χ1v) is 9.58. The van der Waals surface area contributed by atoms with Crippen LogP contribution in [0.3, 0.4) is 0 Å². The standard InChI is InChI=1S/C21H16FN3O3S/c1-13-11-25-20(27)17(10-23-21(25)29-13)19(26)24-15-6-8-16(9-7-15)28-12-14-4-2-3-5-18(14)22/h2-11H,12H2,1H3,(H,24,26). The van der Waals surface area contributed by atoms with E-state index in [1.807, 2.05) is 6.92 Å². The van der Waals surface area contributed by atoms with Crippen molar-refractivity contribution >= 4 is 27.9 Å². The molecule has 2 aromatic carbocycles. The third kappa shape index (κ3) is 4.02. The summed E-state index contributed by atoms with van der Waals surface area (Å²) in [5.74, 6) is -0.335. The van der Waals surface area contributed by atoms with Crippen LogP contribution in [-0.4, -0.2) is 15.3 Å². The molecule has 0 radical (unpaired) electrons. The molecule has 0 saturated carbocycles. The molecule has 0 saturated heterocycles. The number of hydrogen-bond acceptors (Lipinski definition) is 5. The lowest BCUT2D eigenvalue weighted by molar-refractivity contribution is 0.102. The number of rotatable bonds is 5. The van der Waals surface area contributed by atoms with E-state index < -0.39 is 11.5 Å². The normalized spacial score (nSPS) is 10.8. The molecule has 0 aliphatic rings. The fourth-order valence-corrected chi connectivity index (χ4v) is 3.55. The number of carbonyl (C=O) groups is 1. The van der Waals surface area contributed by atoms with Crippen molar-refractivity contribution in [1.29, 1.82) is 0 Å². The van der Waals surface area contributed by atoms with Crippen LogP contribution >= 0.6 is 11.3 Å². The van der Waals surface area contributed by atoms with Crippen LogP contribution in [0.15, 0.2) is 65.7 Å². The molecular weight excluding hydrogens is 393 g/mol. The Labute approximate surface area is 169 Å². The molecule has 0 fully saturated rings. The fourth-order valence-electron chi connectivity index (χ4n) is 2.76. The Balaban J connectivity index is 1.45. The quantitative estimate of drug-likeness (QED) is 0.540. The second-order valence-corrected chi connectivity index (χ2v) is 7.54. The van der Waals surface area contributed by atoms with Gasteiger partial charge in [-0.15, -0.1) is 11.3 Å². The molecule has 4 rings (SSSR count). The molecule has 6 nitrogen and oxygen atoms in total. The molecule has 29 heavy (non-hydrogen) atoms. The summed E-state index contributed by atoms with van der Waals surface area (Å²) in [6.45, 7) is 1.97. The summed E-state index contributed by atoms with van der Waals surface area (Å²) < 4.78 is 20.6. The fraction of sp³-hybridized carbons (Fsp3) is 0.0952. The molecule has 0 aliphatic heterocycles. The third-order valence-electron chi connectivity index (χ3n) is 4.23. The lowest BCUT2D eigenvalue weighted by Crippen LogP contribution is -2.25. The van der Waals surface area contributed by atoms with Gasteiger partial charge in [-0.05, 0) is 37.3 Å². The van der Waals surface area contributed by atoms with Crippen molar-refractivity contribution in [2.24, 2.45) is 0 Å². The van der Waals surface area contributed by atoms with Gasteiger partial charge in [0.2, 0.25) is 0 Å². The number of nitrogens with zero attached hydrogens (tertiary/aromatic N) is 2. The lowest BCUT2D eigenvalue weighted by Gasteiger charge is -2.09. The predicted molar refractivity (Wildman–Crippen MR) is 109 cm³/mol. The molecular formula is C21H16FN3O3S. The number of nitrogens with one attached hydrogen (secondary N) is 1. The van der Waals surface area contributed by atoms with E-state index in [4.69, 9.17) is 4.74 Å². The van der Waals surface area contributed by atoms with Crippen molar-refractivity contribution in [2.45, 2.75) is 13.5 Å². The first-order chi connectivity index (χ1) is 14.0. The Morgan fingerprint density at radius 3 is 2.72 bits per heavy atom.